The van der Waals surface area contributed by atoms with Crippen molar-refractivity contribution in [3.05, 3.63) is 59.9 Å². The number of furan rings is 1. The molecule has 0 saturated carbocycles. The van der Waals surface area contributed by atoms with Crippen LogP contribution in [0.3, 0.4) is 0 Å². The number of sulfone groups is 1. The van der Waals surface area contributed by atoms with E-state index in [0.29, 0.717) is 15.4 Å². The van der Waals surface area contributed by atoms with Gasteiger partial charge in [0.05, 0.1) is 9.79 Å². The zero-order chi connectivity index (χ0) is 15.9. The van der Waals surface area contributed by atoms with Gasteiger partial charge in [0, 0.05) is 23.4 Å². The van der Waals surface area contributed by atoms with Crippen LogP contribution in [0.25, 0.3) is 11.0 Å². The van der Waals surface area contributed by atoms with Crippen LogP contribution in [0.1, 0.15) is 30.6 Å². The second-order valence-corrected chi connectivity index (χ2v) is 7.99. The fourth-order valence-electron chi connectivity index (χ4n) is 3.32. The molecule has 0 aliphatic heterocycles. The van der Waals surface area contributed by atoms with E-state index in [9.17, 15) is 8.42 Å². The van der Waals surface area contributed by atoms with Crippen molar-refractivity contribution in [2.24, 2.45) is 0 Å². The Hall–Kier alpha value is -2.07. The predicted molar refractivity (Wildman–Crippen MR) is 89.4 cm³/mol. The third-order valence-electron chi connectivity index (χ3n) is 4.54. The van der Waals surface area contributed by atoms with Gasteiger partial charge in [-0.3, -0.25) is 0 Å². The zero-order valence-electron chi connectivity index (χ0n) is 12.8. The summed E-state index contributed by atoms with van der Waals surface area (Å²) in [7, 11) is -3.50. The van der Waals surface area contributed by atoms with Crippen LogP contribution in [0, 0.1) is 0 Å². The van der Waals surface area contributed by atoms with Gasteiger partial charge < -0.3 is 4.42 Å². The van der Waals surface area contributed by atoms with Crippen LogP contribution in [0.15, 0.2) is 62.7 Å². The van der Waals surface area contributed by atoms with Gasteiger partial charge in [-0.25, -0.2) is 8.42 Å². The fraction of sp³-hybridized carbons (Fsp3) is 0.263. The highest BCUT2D eigenvalue weighted by molar-refractivity contribution is 7.91. The van der Waals surface area contributed by atoms with Gasteiger partial charge in [-0.2, -0.15) is 0 Å². The molecule has 3 nitrogen and oxygen atoms in total. The Morgan fingerprint density at radius 2 is 1.61 bits per heavy atom. The van der Waals surface area contributed by atoms with Crippen LogP contribution < -0.4 is 0 Å². The van der Waals surface area contributed by atoms with E-state index in [2.05, 4.69) is 0 Å². The Bertz CT molecular complexity index is 953. The number of aryl methyl sites for hydroxylation is 2. The first-order valence-corrected chi connectivity index (χ1v) is 9.49. The molecule has 0 atom stereocenters. The summed E-state index contributed by atoms with van der Waals surface area (Å²) >= 11 is 0. The number of hydrogen-bond acceptors (Lipinski definition) is 3. The quantitative estimate of drug-likeness (QED) is 0.650. The predicted octanol–water partition coefficient (Wildman–Crippen LogP) is 4.53. The molecule has 23 heavy (non-hydrogen) atoms. The van der Waals surface area contributed by atoms with E-state index in [0.717, 1.165) is 30.4 Å². The van der Waals surface area contributed by atoms with Crippen molar-refractivity contribution >= 4 is 20.8 Å². The zero-order valence-corrected chi connectivity index (χ0v) is 13.6. The van der Waals surface area contributed by atoms with Gasteiger partial charge in [0.2, 0.25) is 9.84 Å². The SMILES string of the molecule is O=S(=O)(c1ccccc1)c1ccc2c3c(oc2c1)CCCCC3. The maximum atomic E-state index is 12.7. The molecule has 2 aromatic carbocycles. The lowest BCUT2D eigenvalue weighted by molar-refractivity contribution is 0.537. The lowest BCUT2D eigenvalue weighted by Gasteiger charge is -2.04. The Labute approximate surface area is 135 Å². The van der Waals surface area contributed by atoms with Gasteiger partial charge in [-0.05, 0) is 43.5 Å². The maximum Gasteiger partial charge on any atom is 0.206 e. The van der Waals surface area contributed by atoms with Crippen molar-refractivity contribution in [2.45, 2.75) is 41.9 Å². The molecule has 1 aromatic heterocycles. The molecular weight excluding hydrogens is 308 g/mol. The first kappa shape index (κ1) is 14.5. The van der Waals surface area contributed by atoms with E-state index in [1.165, 1.54) is 18.4 Å². The van der Waals surface area contributed by atoms with Crippen LogP contribution in [-0.4, -0.2) is 8.42 Å². The minimum absolute atomic E-state index is 0.292. The second kappa shape index (κ2) is 5.53. The van der Waals surface area contributed by atoms with E-state index in [1.807, 2.05) is 12.1 Å². The average molecular weight is 326 g/mol. The van der Waals surface area contributed by atoms with E-state index in [-0.39, 0.29) is 0 Å². The number of benzene rings is 2. The van der Waals surface area contributed by atoms with Crippen molar-refractivity contribution in [2.75, 3.05) is 0 Å². The standard InChI is InChI=1S/C19H18O3S/c20-23(21,14-7-3-1-4-8-14)15-11-12-17-16-9-5-2-6-10-18(16)22-19(17)13-15/h1,3-4,7-8,11-13H,2,5-6,9-10H2. The summed E-state index contributed by atoms with van der Waals surface area (Å²) < 4.78 is 31.4. The number of fused-ring (bicyclic) bond motifs is 3. The van der Waals surface area contributed by atoms with E-state index < -0.39 is 9.84 Å². The minimum atomic E-state index is -3.50. The molecule has 0 fully saturated rings. The largest absolute Gasteiger partial charge is 0.461 e. The maximum absolute atomic E-state index is 12.7. The van der Waals surface area contributed by atoms with Crippen molar-refractivity contribution in [1.82, 2.24) is 0 Å². The molecule has 3 aromatic rings. The molecule has 1 heterocycles. The summed E-state index contributed by atoms with van der Waals surface area (Å²) in [4.78, 5) is 0.604. The first-order chi connectivity index (χ1) is 11.2. The van der Waals surface area contributed by atoms with E-state index in [4.69, 9.17) is 4.42 Å². The monoisotopic (exact) mass is 326 g/mol. The third kappa shape index (κ3) is 2.47. The normalized spacial score (nSPS) is 15.3. The molecule has 0 radical (unpaired) electrons. The van der Waals surface area contributed by atoms with Gasteiger partial charge in [0.15, 0.2) is 0 Å². The molecule has 0 saturated heterocycles. The lowest BCUT2D eigenvalue weighted by Crippen LogP contribution is -2.01. The van der Waals surface area contributed by atoms with Gasteiger partial charge in [-0.15, -0.1) is 0 Å². The van der Waals surface area contributed by atoms with Crippen LogP contribution in [0.5, 0.6) is 0 Å². The molecule has 4 rings (SSSR count). The Morgan fingerprint density at radius 1 is 0.826 bits per heavy atom. The fourth-order valence-corrected chi connectivity index (χ4v) is 4.62. The summed E-state index contributed by atoms with van der Waals surface area (Å²) in [5.41, 5.74) is 1.95. The van der Waals surface area contributed by atoms with Crippen molar-refractivity contribution in [3.8, 4) is 0 Å². The summed E-state index contributed by atoms with van der Waals surface area (Å²) in [5.74, 6) is 1.03. The van der Waals surface area contributed by atoms with Gasteiger partial charge in [0.25, 0.3) is 0 Å². The summed E-state index contributed by atoms with van der Waals surface area (Å²) in [5, 5.41) is 1.06. The van der Waals surface area contributed by atoms with Gasteiger partial charge >= 0.3 is 0 Å². The number of rotatable bonds is 2. The van der Waals surface area contributed by atoms with Crippen LogP contribution in [0.4, 0.5) is 0 Å². The molecule has 0 amide bonds. The molecule has 118 valence electrons. The van der Waals surface area contributed by atoms with Gasteiger partial charge in [0.1, 0.15) is 11.3 Å². The van der Waals surface area contributed by atoms with Crippen molar-refractivity contribution < 1.29 is 12.8 Å². The highest BCUT2D eigenvalue weighted by atomic mass is 32.2. The second-order valence-electron chi connectivity index (χ2n) is 6.04. The lowest BCUT2D eigenvalue weighted by atomic mass is 10.1. The minimum Gasteiger partial charge on any atom is -0.461 e. The Morgan fingerprint density at radius 3 is 2.43 bits per heavy atom. The first-order valence-electron chi connectivity index (χ1n) is 8.01. The van der Waals surface area contributed by atoms with Crippen LogP contribution >= 0.6 is 0 Å². The van der Waals surface area contributed by atoms with Gasteiger partial charge in [-0.1, -0.05) is 24.6 Å². The molecule has 0 unspecified atom stereocenters. The molecular formula is C19H18O3S. The summed E-state index contributed by atoms with van der Waals surface area (Å²) in [6, 6.07) is 13.8. The van der Waals surface area contributed by atoms with E-state index >= 15 is 0 Å². The summed E-state index contributed by atoms with van der Waals surface area (Å²) in [6.07, 6.45) is 5.51. The molecule has 0 N–H and O–H groups in total. The topological polar surface area (TPSA) is 47.3 Å². The van der Waals surface area contributed by atoms with E-state index in [1.54, 1.807) is 36.4 Å². The molecule has 4 heteroatoms. The summed E-state index contributed by atoms with van der Waals surface area (Å²) in [6.45, 7) is 0. The smallest absolute Gasteiger partial charge is 0.206 e. The third-order valence-corrected chi connectivity index (χ3v) is 6.31. The van der Waals surface area contributed by atoms with Crippen LogP contribution in [0.2, 0.25) is 0 Å². The number of hydrogen-bond donors (Lipinski definition) is 0. The Kier molecular flexibility index (Phi) is 3.49. The highest BCUT2D eigenvalue weighted by Crippen LogP contribution is 2.33. The van der Waals surface area contributed by atoms with Crippen LogP contribution in [-0.2, 0) is 22.7 Å². The molecule has 0 spiro atoms. The Balaban J connectivity index is 1.84. The van der Waals surface area contributed by atoms with Crippen molar-refractivity contribution in [3.63, 3.8) is 0 Å². The molecule has 0 bridgehead atoms. The highest BCUT2D eigenvalue weighted by Gasteiger charge is 2.21. The van der Waals surface area contributed by atoms with Crippen molar-refractivity contribution in [1.29, 1.82) is 0 Å². The molecule has 1 aliphatic carbocycles. The molecule has 1 aliphatic rings. The average Bonchev–Trinajstić information content (AvgIpc) is 2.75.